The Hall–Kier alpha value is -4.35. The zero-order valence-electron chi connectivity index (χ0n) is 43.0. The predicted molar refractivity (Wildman–Crippen MR) is 286 cm³/mol. The molecule has 1 saturated heterocycles. The van der Waals surface area contributed by atoms with Crippen LogP contribution in [0.2, 0.25) is 0 Å². The maximum absolute atomic E-state index is 13.5. The number of thioether (sulfide) groups is 1. The Balaban J connectivity index is 1.25. The lowest BCUT2D eigenvalue weighted by atomic mass is 10.0. The summed E-state index contributed by atoms with van der Waals surface area (Å²) in [4.78, 5) is 60.4. The second-order valence-electron chi connectivity index (χ2n) is 19.1. The minimum atomic E-state index is -1.30. The van der Waals surface area contributed by atoms with Crippen LogP contribution in [-0.4, -0.2) is 93.1 Å². The molecule has 1 aromatic carbocycles. The molecule has 0 saturated carbocycles. The maximum Gasteiger partial charge on any atom is 0.352 e. The Morgan fingerprint density at radius 3 is 1.72 bits per heavy atom. The van der Waals surface area contributed by atoms with Crippen LogP contribution in [0.5, 0.6) is 11.5 Å². The number of β-lactam (4-membered cyclic amide) rings is 1. The van der Waals surface area contributed by atoms with Gasteiger partial charge in [0.2, 0.25) is 6.61 Å². The van der Waals surface area contributed by atoms with Gasteiger partial charge < -0.3 is 40.9 Å². The van der Waals surface area contributed by atoms with Crippen molar-refractivity contribution in [3.8, 4) is 11.5 Å². The van der Waals surface area contributed by atoms with Crippen LogP contribution in [-0.2, 0) is 30.6 Å². The molecule has 0 aliphatic carbocycles. The molecule has 2 aliphatic rings. The molecule has 0 radical (unpaired) electrons. The molecule has 3 heterocycles. The van der Waals surface area contributed by atoms with E-state index in [9.17, 15) is 24.3 Å². The quantitative estimate of drug-likeness (QED) is 0.0181. The minimum absolute atomic E-state index is 0.0425. The molecule has 17 heteroatoms. The number of oxime groups is 1. The van der Waals surface area contributed by atoms with Crippen molar-refractivity contribution >= 4 is 57.7 Å². The second kappa shape index (κ2) is 35.7. The van der Waals surface area contributed by atoms with Crippen LogP contribution in [0.15, 0.2) is 40.0 Å². The molecule has 0 bridgehead atoms. The van der Waals surface area contributed by atoms with Gasteiger partial charge >= 0.3 is 11.9 Å². The normalized spacial score (nSPS) is 15.7. The summed E-state index contributed by atoms with van der Waals surface area (Å²) in [6.45, 7) is 5.62. The van der Waals surface area contributed by atoms with E-state index in [2.05, 4.69) is 34.6 Å². The fourth-order valence-corrected chi connectivity index (χ4v) is 10.9. The van der Waals surface area contributed by atoms with E-state index in [0.29, 0.717) is 36.8 Å². The third-order valence-electron chi connectivity index (χ3n) is 13.0. The summed E-state index contributed by atoms with van der Waals surface area (Å²) >= 11 is 2.38. The molecular weight excluding hydrogens is 941 g/mol. The summed E-state index contributed by atoms with van der Waals surface area (Å²) in [5.41, 5.74) is 6.80. The molecule has 2 aliphatic heterocycles. The number of anilines is 1. The molecule has 0 spiro atoms. The molecule has 1 fully saturated rings. The van der Waals surface area contributed by atoms with Crippen molar-refractivity contribution in [2.75, 3.05) is 37.9 Å². The van der Waals surface area contributed by atoms with Crippen LogP contribution in [0.3, 0.4) is 0 Å². The average molecular weight is 1030 g/mol. The Bertz CT molecular complexity index is 1940. The monoisotopic (exact) mass is 1030 g/mol. The number of hydrogen-bond acceptors (Lipinski definition) is 13. The number of nitrogens with two attached hydrogens (primary N) is 1. The van der Waals surface area contributed by atoms with Gasteiger partial charge in [0, 0.05) is 24.2 Å². The number of ether oxygens (including phenoxy) is 2. The number of carboxylic acid groups (broad SMARTS) is 2. The van der Waals surface area contributed by atoms with E-state index < -0.39 is 41.8 Å². The Morgan fingerprint density at radius 1 is 0.732 bits per heavy atom. The number of nitrogen functional groups attached to an aromatic ring is 1. The molecule has 2 aromatic rings. The number of thiazole rings is 1. The van der Waals surface area contributed by atoms with Gasteiger partial charge in [0.25, 0.3) is 11.8 Å². The number of unbranched alkanes of at least 4 members (excludes halogenated alkanes) is 26. The van der Waals surface area contributed by atoms with E-state index in [1.54, 1.807) is 0 Å². The Kier molecular flexibility index (Phi) is 29.8. The first kappa shape index (κ1) is 59.2. The van der Waals surface area contributed by atoms with E-state index in [1.165, 1.54) is 176 Å². The van der Waals surface area contributed by atoms with Gasteiger partial charge in [0.1, 0.15) is 22.8 Å². The highest BCUT2D eigenvalue weighted by molar-refractivity contribution is 8.00. The molecule has 15 nitrogen and oxygen atoms in total. The highest BCUT2D eigenvalue weighted by Crippen LogP contribution is 2.40. The van der Waals surface area contributed by atoms with E-state index in [4.69, 9.17) is 25.2 Å². The lowest BCUT2D eigenvalue weighted by molar-refractivity contribution is -0.150. The Labute approximate surface area is 432 Å². The van der Waals surface area contributed by atoms with Crippen LogP contribution >= 0.6 is 23.1 Å². The zero-order chi connectivity index (χ0) is 50.9. The van der Waals surface area contributed by atoms with Crippen molar-refractivity contribution in [3.63, 3.8) is 0 Å². The molecule has 71 heavy (non-hydrogen) atoms. The lowest BCUT2D eigenvalue weighted by Crippen LogP contribution is -2.71. The fourth-order valence-electron chi connectivity index (χ4n) is 8.99. The number of nitrogens with one attached hydrogen (secondary N) is 2. The van der Waals surface area contributed by atoms with Crippen molar-refractivity contribution in [1.29, 1.82) is 0 Å². The number of benzene rings is 1. The number of aliphatic carboxylic acids is 2. The van der Waals surface area contributed by atoms with Gasteiger partial charge in [-0.15, -0.1) is 23.1 Å². The number of rotatable bonds is 43. The summed E-state index contributed by atoms with van der Waals surface area (Å²) in [6, 6.07) is 4.91. The largest absolute Gasteiger partial charge is 0.490 e. The number of aromatic nitrogens is 1. The predicted octanol–water partition coefficient (Wildman–Crippen LogP) is 11.8. The first-order valence-corrected chi connectivity index (χ1v) is 29.0. The van der Waals surface area contributed by atoms with E-state index >= 15 is 0 Å². The van der Waals surface area contributed by atoms with Gasteiger partial charge in [-0.2, -0.15) is 0 Å². The van der Waals surface area contributed by atoms with Gasteiger partial charge in [0.15, 0.2) is 22.3 Å². The highest BCUT2D eigenvalue weighted by atomic mass is 32.2. The molecular formula is C54H86N6O9S2. The third-order valence-corrected chi connectivity index (χ3v) is 15.1. The van der Waals surface area contributed by atoms with Crippen molar-refractivity contribution < 1.29 is 43.7 Å². The van der Waals surface area contributed by atoms with E-state index in [0.717, 1.165) is 48.3 Å². The number of carbonyl (C=O) groups excluding carboxylic acids is 2. The van der Waals surface area contributed by atoms with Crippen LogP contribution in [0, 0.1) is 0 Å². The van der Waals surface area contributed by atoms with Crippen LogP contribution in [0.4, 0.5) is 5.13 Å². The van der Waals surface area contributed by atoms with Crippen molar-refractivity contribution in [1.82, 2.24) is 20.5 Å². The van der Waals surface area contributed by atoms with Crippen molar-refractivity contribution in [3.05, 3.63) is 46.1 Å². The number of hydrogen-bond donors (Lipinski definition) is 5. The molecule has 1 aromatic heterocycles. The topological polar surface area (TPSA) is 215 Å². The number of carbonyl (C=O) groups is 4. The number of carboxylic acids is 2. The Morgan fingerprint density at radius 2 is 1.24 bits per heavy atom. The van der Waals surface area contributed by atoms with Crippen molar-refractivity contribution in [2.45, 2.75) is 212 Å². The van der Waals surface area contributed by atoms with E-state index in [1.807, 2.05) is 18.2 Å². The number of nitrogens with zero attached hydrogens (tertiary/aromatic N) is 3. The molecule has 398 valence electrons. The number of fused-ring (bicyclic) bond motifs is 1. The zero-order valence-corrected chi connectivity index (χ0v) is 44.6. The van der Waals surface area contributed by atoms with Crippen LogP contribution in [0.25, 0.3) is 0 Å². The highest BCUT2D eigenvalue weighted by Gasteiger charge is 2.54. The molecule has 2 amide bonds. The summed E-state index contributed by atoms with van der Waals surface area (Å²) in [5.74, 6) is -2.23. The summed E-state index contributed by atoms with van der Waals surface area (Å²) in [5, 5.41) is 29.8. The minimum Gasteiger partial charge on any atom is -0.490 e. The maximum atomic E-state index is 13.5. The van der Waals surface area contributed by atoms with Gasteiger partial charge in [-0.25, -0.2) is 14.6 Å². The smallest absolute Gasteiger partial charge is 0.352 e. The van der Waals surface area contributed by atoms with E-state index in [-0.39, 0.29) is 28.8 Å². The molecule has 4 rings (SSSR count). The number of amides is 2. The first-order chi connectivity index (χ1) is 34.6. The molecule has 1 unspecified atom stereocenters. The summed E-state index contributed by atoms with van der Waals surface area (Å²) in [6.07, 6.45) is 36.4. The fraction of sp³-hybridized carbons (Fsp3) is 0.704. The van der Waals surface area contributed by atoms with Gasteiger partial charge in [-0.3, -0.25) is 14.5 Å². The first-order valence-electron chi connectivity index (χ1n) is 27.1. The van der Waals surface area contributed by atoms with Crippen LogP contribution in [0.1, 0.15) is 205 Å². The lowest BCUT2D eigenvalue weighted by Gasteiger charge is -2.49. The third kappa shape index (κ3) is 22.5. The molecule has 6 N–H and O–H groups in total. The molecule has 2 atom stereocenters. The average Bonchev–Trinajstić information content (AvgIpc) is 3.79. The standard InChI is InChI=1S/C54H86N6O9S2/c1-3-5-7-9-11-13-15-17-19-21-23-25-27-29-33-67-44-32-31-41(35-45(44)68-34-30-28-26-24-22-20-18-16-14-12-10-8-6-4-2)36-56-37-42-39-70-52-48(51(64)60(52)49(42)53(65)66)58-50(63)47(59-69-38-46(61)62)43-40-71-54(55)57-43/h31-32,35,40,48,52,56H,3-30,33-34,36-39H2,1-2H3,(H2,55,57)(H,58,63)(H,61,62)(H,65,66)/b59-47-/t48?,52-/m0/s1. The van der Waals surface area contributed by atoms with Gasteiger partial charge in [0.05, 0.1) is 13.2 Å². The van der Waals surface area contributed by atoms with Gasteiger partial charge in [-0.05, 0) is 36.1 Å². The van der Waals surface area contributed by atoms with Crippen molar-refractivity contribution in [2.24, 2.45) is 5.16 Å². The SMILES string of the molecule is CCCCCCCCCCCCCCCCOc1ccc(CNCC2=C(C(=O)O)N3C(=O)C(NC(=O)/C(=N\OCC(=O)O)c4csc(N)n4)[C@@H]3SC2)cc1OCCCCCCCCCCCCCCCC. The van der Waals surface area contributed by atoms with Gasteiger partial charge in [-0.1, -0.05) is 192 Å². The summed E-state index contributed by atoms with van der Waals surface area (Å²) in [7, 11) is 0. The second-order valence-corrected chi connectivity index (χ2v) is 21.1. The van der Waals surface area contributed by atoms with Crippen LogP contribution < -0.4 is 25.8 Å². The summed E-state index contributed by atoms with van der Waals surface area (Å²) < 4.78 is 12.7.